The lowest BCUT2D eigenvalue weighted by Gasteiger charge is -2.04. The van der Waals surface area contributed by atoms with Crippen molar-refractivity contribution >= 4 is 21.7 Å². The Balaban J connectivity index is 2.60. The first-order valence-corrected chi connectivity index (χ1v) is 5.13. The molecule has 0 aliphatic carbocycles. The number of hydrogen-bond acceptors (Lipinski definition) is 2. The maximum Gasteiger partial charge on any atom is 0.127 e. The molecule has 0 radical (unpaired) electrons. The molecule has 0 aliphatic heterocycles. The van der Waals surface area contributed by atoms with Gasteiger partial charge in [-0.3, -0.25) is 5.10 Å². The lowest BCUT2D eigenvalue weighted by molar-refractivity contribution is 0.618. The van der Waals surface area contributed by atoms with Crippen molar-refractivity contribution in [2.24, 2.45) is 0 Å². The molecule has 0 fully saturated rings. The second-order valence-corrected chi connectivity index (χ2v) is 4.12. The molecule has 0 spiro atoms. The minimum atomic E-state index is -0.264. The molecule has 0 unspecified atom stereocenters. The fraction of sp³-hybridized carbons (Fsp3) is 0.100. The Kier molecular flexibility index (Phi) is 2.48. The second kappa shape index (κ2) is 3.66. The number of nitrogens with zero attached hydrogens (tertiary/aromatic N) is 1. The first-order chi connectivity index (χ1) is 7.09. The molecule has 0 saturated carbocycles. The van der Waals surface area contributed by atoms with Crippen LogP contribution in [0, 0.1) is 12.7 Å². The fourth-order valence-corrected chi connectivity index (χ4v) is 1.76. The Morgan fingerprint density at radius 1 is 1.47 bits per heavy atom. The van der Waals surface area contributed by atoms with Crippen LogP contribution in [-0.2, 0) is 0 Å². The van der Waals surface area contributed by atoms with Gasteiger partial charge in [-0.05, 0) is 30.2 Å². The highest BCUT2D eigenvalue weighted by atomic mass is 79.9. The fourth-order valence-electron chi connectivity index (χ4n) is 1.33. The number of benzene rings is 1. The largest absolute Gasteiger partial charge is 0.384 e. The van der Waals surface area contributed by atoms with E-state index in [1.807, 2.05) is 6.07 Å². The van der Waals surface area contributed by atoms with E-state index in [-0.39, 0.29) is 5.82 Å². The average molecular weight is 270 g/mol. The van der Waals surface area contributed by atoms with Crippen LogP contribution in [0.5, 0.6) is 0 Å². The molecule has 2 rings (SSSR count). The molecule has 15 heavy (non-hydrogen) atoms. The summed E-state index contributed by atoms with van der Waals surface area (Å²) in [5, 5.41) is 6.40. The van der Waals surface area contributed by atoms with E-state index in [0.717, 1.165) is 4.47 Å². The average Bonchev–Trinajstić information content (AvgIpc) is 2.60. The number of rotatable bonds is 1. The summed E-state index contributed by atoms with van der Waals surface area (Å²) < 4.78 is 14.2. The summed E-state index contributed by atoms with van der Waals surface area (Å²) >= 11 is 3.30. The van der Waals surface area contributed by atoms with Gasteiger partial charge >= 0.3 is 0 Å². The zero-order chi connectivity index (χ0) is 11.0. The molecule has 1 aromatic heterocycles. The van der Waals surface area contributed by atoms with Gasteiger partial charge in [0.2, 0.25) is 0 Å². The first-order valence-electron chi connectivity index (χ1n) is 4.34. The van der Waals surface area contributed by atoms with Gasteiger partial charge in [0.1, 0.15) is 11.6 Å². The molecule has 0 atom stereocenters. The van der Waals surface area contributed by atoms with Crippen LogP contribution < -0.4 is 5.73 Å². The quantitative estimate of drug-likeness (QED) is 0.837. The van der Waals surface area contributed by atoms with Crippen molar-refractivity contribution in [1.82, 2.24) is 10.2 Å². The molecular formula is C10H9BrFN3. The minimum absolute atomic E-state index is 0.264. The third-order valence-electron chi connectivity index (χ3n) is 2.26. The van der Waals surface area contributed by atoms with Crippen LogP contribution in [0.3, 0.4) is 0 Å². The molecule has 1 aromatic carbocycles. The van der Waals surface area contributed by atoms with Crippen molar-refractivity contribution < 1.29 is 4.39 Å². The third-order valence-corrected chi connectivity index (χ3v) is 3.08. The zero-order valence-electron chi connectivity index (χ0n) is 8.01. The molecule has 3 nitrogen and oxygen atoms in total. The summed E-state index contributed by atoms with van der Waals surface area (Å²) in [4.78, 5) is 0. The smallest absolute Gasteiger partial charge is 0.127 e. The number of nitrogen functional groups attached to an aromatic ring is 1. The summed E-state index contributed by atoms with van der Waals surface area (Å²) in [6, 6.07) is 3.26. The first kappa shape index (κ1) is 10.2. The van der Waals surface area contributed by atoms with Gasteiger partial charge in [-0.1, -0.05) is 15.9 Å². The molecule has 0 saturated heterocycles. The number of anilines is 1. The lowest BCUT2D eigenvalue weighted by Crippen LogP contribution is -1.90. The van der Waals surface area contributed by atoms with E-state index in [4.69, 9.17) is 5.73 Å². The summed E-state index contributed by atoms with van der Waals surface area (Å²) in [6.45, 7) is 1.71. The van der Waals surface area contributed by atoms with Gasteiger partial charge < -0.3 is 5.73 Å². The topological polar surface area (TPSA) is 54.7 Å². The maximum atomic E-state index is 13.5. The summed E-state index contributed by atoms with van der Waals surface area (Å²) in [6.07, 6.45) is 1.58. The van der Waals surface area contributed by atoms with E-state index in [1.54, 1.807) is 13.1 Å². The van der Waals surface area contributed by atoms with Gasteiger partial charge in [0.25, 0.3) is 0 Å². The predicted octanol–water partition coefficient (Wildman–Crippen LogP) is 2.87. The zero-order valence-corrected chi connectivity index (χ0v) is 9.60. The van der Waals surface area contributed by atoms with E-state index in [0.29, 0.717) is 22.5 Å². The summed E-state index contributed by atoms with van der Waals surface area (Å²) in [5.74, 6) is 0.171. The van der Waals surface area contributed by atoms with Crippen LogP contribution in [0.2, 0.25) is 0 Å². The molecule has 3 N–H and O–H groups in total. The Bertz CT molecular complexity index is 484. The molecule has 0 aliphatic rings. The SMILES string of the molecule is Cc1c(F)cc(-c2cn[nH]c2N)cc1Br. The number of nitrogens with one attached hydrogen (secondary N) is 1. The van der Waals surface area contributed by atoms with Crippen molar-refractivity contribution in [2.75, 3.05) is 5.73 Å². The Morgan fingerprint density at radius 3 is 2.73 bits per heavy atom. The van der Waals surface area contributed by atoms with Crippen LogP contribution in [-0.4, -0.2) is 10.2 Å². The number of hydrogen-bond donors (Lipinski definition) is 2. The molecule has 0 amide bonds. The van der Waals surface area contributed by atoms with Gasteiger partial charge in [0, 0.05) is 10.0 Å². The number of nitrogens with two attached hydrogens (primary N) is 1. The second-order valence-electron chi connectivity index (χ2n) is 3.26. The number of halogens is 2. The highest BCUT2D eigenvalue weighted by Gasteiger charge is 2.09. The van der Waals surface area contributed by atoms with E-state index in [1.165, 1.54) is 6.07 Å². The van der Waals surface area contributed by atoms with Crippen molar-refractivity contribution in [1.29, 1.82) is 0 Å². The van der Waals surface area contributed by atoms with Crippen molar-refractivity contribution in [2.45, 2.75) is 6.92 Å². The monoisotopic (exact) mass is 269 g/mol. The molecule has 5 heteroatoms. The van der Waals surface area contributed by atoms with Crippen molar-refractivity contribution in [3.05, 3.63) is 34.2 Å². The third kappa shape index (κ3) is 1.74. The van der Waals surface area contributed by atoms with Crippen LogP contribution >= 0.6 is 15.9 Å². The van der Waals surface area contributed by atoms with E-state index < -0.39 is 0 Å². The number of aromatic nitrogens is 2. The summed E-state index contributed by atoms with van der Waals surface area (Å²) in [5.41, 5.74) is 7.65. The van der Waals surface area contributed by atoms with Gasteiger partial charge in [-0.15, -0.1) is 0 Å². The normalized spacial score (nSPS) is 10.6. The van der Waals surface area contributed by atoms with Crippen molar-refractivity contribution in [3.8, 4) is 11.1 Å². The molecule has 0 bridgehead atoms. The van der Waals surface area contributed by atoms with E-state index >= 15 is 0 Å². The highest BCUT2D eigenvalue weighted by Crippen LogP contribution is 2.29. The van der Waals surface area contributed by atoms with Crippen LogP contribution in [0.4, 0.5) is 10.2 Å². The van der Waals surface area contributed by atoms with Gasteiger partial charge in [0.05, 0.1) is 6.20 Å². The molecule has 2 aromatic rings. The predicted molar refractivity (Wildman–Crippen MR) is 60.8 cm³/mol. The van der Waals surface area contributed by atoms with Gasteiger partial charge in [0.15, 0.2) is 0 Å². The van der Waals surface area contributed by atoms with Crippen LogP contribution in [0.25, 0.3) is 11.1 Å². The van der Waals surface area contributed by atoms with Gasteiger partial charge in [-0.2, -0.15) is 5.10 Å². The van der Waals surface area contributed by atoms with Crippen molar-refractivity contribution in [3.63, 3.8) is 0 Å². The van der Waals surface area contributed by atoms with E-state index in [2.05, 4.69) is 26.1 Å². The maximum absolute atomic E-state index is 13.5. The number of H-pyrrole nitrogens is 1. The molecule has 78 valence electrons. The van der Waals surface area contributed by atoms with Crippen LogP contribution in [0.15, 0.2) is 22.8 Å². The van der Waals surface area contributed by atoms with Gasteiger partial charge in [-0.25, -0.2) is 4.39 Å². The lowest BCUT2D eigenvalue weighted by atomic mass is 10.1. The standard InChI is InChI=1S/C10H9BrFN3/c1-5-8(11)2-6(3-9(5)12)7-4-14-15-10(7)13/h2-4H,1H3,(H3,13,14,15). The Hall–Kier alpha value is -1.36. The molecular weight excluding hydrogens is 261 g/mol. The molecule has 1 heterocycles. The summed E-state index contributed by atoms with van der Waals surface area (Å²) in [7, 11) is 0. The highest BCUT2D eigenvalue weighted by molar-refractivity contribution is 9.10. The minimum Gasteiger partial charge on any atom is -0.384 e. The van der Waals surface area contributed by atoms with E-state index in [9.17, 15) is 4.39 Å². The Morgan fingerprint density at radius 2 is 2.20 bits per heavy atom. The Labute approximate surface area is 94.6 Å². The van der Waals surface area contributed by atoms with Crippen LogP contribution in [0.1, 0.15) is 5.56 Å². The number of aromatic amines is 1.